The normalized spacial score (nSPS) is 12.9. The van der Waals surface area contributed by atoms with Gasteiger partial charge in [-0.2, -0.15) is 0 Å². The number of aromatic hydroxyl groups is 1. The van der Waals surface area contributed by atoms with Gasteiger partial charge in [0.2, 0.25) is 17.7 Å². The Hall–Kier alpha value is -4.13. The first-order chi connectivity index (χ1) is 21.1. The summed E-state index contributed by atoms with van der Waals surface area (Å²) in [5, 5.41) is 24.1. The molecule has 0 aliphatic rings. The van der Waals surface area contributed by atoms with E-state index >= 15 is 0 Å². The average Bonchev–Trinajstić information content (AvgIpc) is 3.01. The second-order valence-corrected chi connectivity index (χ2v) is 10.6. The van der Waals surface area contributed by atoms with Crippen LogP contribution >= 0.6 is 0 Å². The summed E-state index contributed by atoms with van der Waals surface area (Å²) in [5.74, 6) is -3.89. The smallest absolute Gasteiger partial charge is 0.243 e. The Morgan fingerprint density at radius 3 is 2.14 bits per heavy atom. The Morgan fingerprint density at radius 1 is 0.818 bits per heavy atom. The first kappa shape index (κ1) is 36.1. The minimum Gasteiger partial charge on any atom is -0.508 e. The number of rotatable bonds is 21. The number of benzene rings is 2. The van der Waals surface area contributed by atoms with Crippen molar-refractivity contribution in [2.45, 2.75) is 51.5 Å². The van der Waals surface area contributed by atoms with Gasteiger partial charge in [-0.1, -0.05) is 42.5 Å². The Bertz CT molecular complexity index is 1210. The highest BCUT2D eigenvalue weighted by molar-refractivity contribution is 5.94. The van der Waals surface area contributed by atoms with Crippen LogP contribution in [0.2, 0.25) is 0 Å². The largest absolute Gasteiger partial charge is 0.508 e. The van der Waals surface area contributed by atoms with Crippen molar-refractivity contribution in [3.8, 4) is 5.75 Å². The van der Waals surface area contributed by atoms with E-state index in [9.17, 15) is 29.1 Å². The predicted molar refractivity (Wildman–Crippen MR) is 161 cm³/mol. The number of hydroxylamine groups is 1. The highest BCUT2D eigenvalue weighted by atomic mass is 16.5. The molecule has 0 saturated heterocycles. The van der Waals surface area contributed by atoms with Crippen LogP contribution in [0.3, 0.4) is 0 Å². The highest BCUT2D eigenvalue weighted by Gasteiger charge is 2.30. The zero-order chi connectivity index (χ0) is 32.3. The summed E-state index contributed by atoms with van der Waals surface area (Å²) in [6, 6.07) is 14.4. The number of amides is 3. The molecule has 0 bridgehead atoms. The molecule has 2 aromatic carbocycles. The third kappa shape index (κ3) is 13.9. The maximum atomic E-state index is 13.7. The zero-order valence-corrected chi connectivity index (χ0v) is 25.3. The lowest BCUT2D eigenvalue weighted by atomic mass is 9.89. The van der Waals surface area contributed by atoms with E-state index in [0.29, 0.717) is 13.2 Å². The SMILES string of the molecule is COCCOCCNC(=O)C(CCC(=O)NO)CC(=O)[C@H](Cc1ccccc1)NC(=O)[C@@H](CC(C)=O)Cc1ccc(O)cc1. The number of nitrogens with one attached hydrogen (secondary N) is 3. The van der Waals surface area contributed by atoms with Crippen LogP contribution in [0.4, 0.5) is 0 Å². The van der Waals surface area contributed by atoms with Crippen molar-refractivity contribution in [3.63, 3.8) is 0 Å². The van der Waals surface area contributed by atoms with Gasteiger partial charge in [-0.05, 0) is 49.4 Å². The fourth-order valence-electron chi connectivity index (χ4n) is 4.61. The van der Waals surface area contributed by atoms with Gasteiger partial charge >= 0.3 is 0 Å². The molecule has 0 fully saturated rings. The van der Waals surface area contributed by atoms with Crippen LogP contribution in [0.25, 0.3) is 0 Å². The molecular weight excluding hydrogens is 570 g/mol. The Labute approximate surface area is 257 Å². The van der Waals surface area contributed by atoms with Crippen molar-refractivity contribution < 1.29 is 43.8 Å². The van der Waals surface area contributed by atoms with E-state index in [1.807, 2.05) is 18.2 Å². The number of ketones is 2. The minimum absolute atomic E-state index is 0.0195. The van der Waals surface area contributed by atoms with Gasteiger partial charge in [0.15, 0.2) is 5.78 Å². The molecule has 0 aromatic heterocycles. The Kier molecular flexibility index (Phi) is 16.3. The average molecular weight is 614 g/mol. The molecule has 0 radical (unpaired) electrons. The summed E-state index contributed by atoms with van der Waals surface area (Å²) in [6.07, 6.45) is -0.180. The zero-order valence-electron chi connectivity index (χ0n) is 25.3. The molecule has 0 heterocycles. The van der Waals surface area contributed by atoms with Crippen molar-refractivity contribution in [1.29, 1.82) is 0 Å². The number of ether oxygens (including phenoxy) is 2. The summed E-state index contributed by atoms with van der Waals surface area (Å²) in [5.41, 5.74) is 3.05. The van der Waals surface area contributed by atoms with E-state index in [1.54, 1.807) is 31.4 Å². The van der Waals surface area contributed by atoms with Crippen LogP contribution < -0.4 is 16.1 Å². The van der Waals surface area contributed by atoms with Crippen molar-refractivity contribution in [2.75, 3.05) is 33.5 Å². The molecule has 1 unspecified atom stereocenters. The summed E-state index contributed by atoms with van der Waals surface area (Å²) >= 11 is 0. The molecule has 0 saturated carbocycles. The summed E-state index contributed by atoms with van der Waals surface area (Å²) < 4.78 is 10.3. The number of hydrogen-bond acceptors (Lipinski definition) is 9. The van der Waals surface area contributed by atoms with Crippen molar-refractivity contribution >= 4 is 29.3 Å². The molecular formula is C32H43N3O9. The Balaban J connectivity index is 2.22. The molecule has 0 aliphatic heterocycles. The second-order valence-electron chi connectivity index (χ2n) is 10.6. The molecule has 2 rings (SSSR count). The maximum absolute atomic E-state index is 13.7. The topological polar surface area (TPSA) is 180 Å². The lowest BCUT2D eigenvalue weighted by Crippen LogP contribution is -2.47. The molecule has 0 spiro atoms. The third-order valence-corrected chi connectivity index (χ3v) is 6.95. The third-order valence-electron chi connectivity index (χ3n) is 6.95. The van der Waals surface area contributed by atoms with E-state index in [0.717, 1.165) is 11.1 Å². The van der Waals surface area contributed by atoms with Crippen molar-refractivity contribution in [3.05, 3.63) is 65.7 Å². The lowest BCUT2D eigenvalue weighted by molar-refractivity contribution is -0.134. The number of phenolic OH excluding ortho intramolecular Hbond substituents is 1. The van der Waals surface area contributed by atoms with E-state index < -0.39 is 41.4 Å². The monoisotopic (exact) mass is 613 g/mol. The Morgan fingerprint density at radius 2 is 1.50 bits per heavy atom. The van der Waals surface area contributed by atoms with E-state index in [2.05, 4.69) is 10.6 Å². The molecule has 2 aromatic rings. The van der Waals surface area contributed by atoms with Crippen LogP contribution in [0, 0.1) is 11.8 Å². The predicted octanol–water partition coefficient (Wildman–Crippen LogP) is 1.90. The molecule has 0 aliphatic carbocycles. The van der Waals surface area contributed by atoms with Gasteiger partial charge in [0, 0.05) is 44.8 Å². The first-order valence-electron chi connectivity index (χ1n) is 14.5. The van der Waals surface area contributed by atoms with Gasteiger partial charge < -0.3 is 30.0 Å². The quantitative estimate of drug-likeness (QED) is 0.0798. The molecule has 5 N–H and O–H groups in total. The van der Waals surface area contributed by atoms with Gasteiger partial charge in [0.1, 0.15) is 11.5 Å². The second kappa shape index (κ2) is 19.9. The fourth-order valence-corrected chi connectivity index (χ4v) is 4.61. The fraction of sp³-hybridized carbons (Fsp3) is 0.469. The van der Waals surface area contributed by atoms with E-state index in [-0.39, 0.29) is 63.2 Å². The van der Waals surface area contributed by atoms with Crippen molar-refractivity contribution in [1.82, 2.24) is 16.1 Å². The number of Topliss-reactive ketones (excluding diaryl/α,β-unsaturated/α-hetero) is 2. The number of carbonyl (C=O) groups excluding carboxylic acids is 5. The van der Waals surface area contributed by atoms with Crippen molar-refractivity contribution in [2.24, 2.45) is 11.8 Å². The van der Waals surface area contributed by atoms with Crippen LogP contribution in [0.1, 0.15) is 43.7 Å². The molecule has 3 atom stereocenters. The van der Waals surface area contributed by atoms with Crippen LogP contribution in [-0.4, -0.2) is 79.1 Å². The van der Waals surface area contributed by atoms with Gasteiger partial charge in [-0.15, -0.1) is 0 Å². The van der Waals surface area contributed by atoms with E-state index in [1.165, 1.54) is 24.5 Å². The van der Waals surface area contributed by atoms with Crippen LogP contribution in [0.5, 0.6) is 5.75 Å². The summed E-state index contributed by atoms with van der Waals surface area (Å²) in [7, 11) is 1.54. The van der Waals surface area contributed by atoms with Gasteiger partial charge in [0.05, 0.1) is 25.9 Å². The summed E-state index contributed by atoms with van der Waals surface area (Å²) in [4.78, 5) is 64.1. The van der Waals surface area contributed by atoms with Crippen LogP contribution in [-0.2, 0) is 46.3 Å². The molecule has 12 heteroatoms. The minimum atomic E-state index is -1.02. The van der Waals surface area contributed by atoms with E-state index in [4.69, 9.17) is 14.7 Å². The van der Waals surface area contributed by atoms with Crippen LogP contribution in [0.15, 0.2) is 54.6 Å². The molecule has 240 valence electrons. The van der Waals surface area contributed by atoms with Gasteiger partial charge in [-0.25, -0.2) is 5.48 Å². The number of phenols is 1. The maximum Gasteiger partial charge on any atom is 0.243 e. The number of methoxy groups -OCH3 is 1. The summed E-state index contributed by atoms with van der Waals surface area (Å²) in [6.45, 7) is 2.53. The lowest BCUT2D eigenvalue weighted by Gasteiger charge is -2.24. The molecule has 12 nitrogen and oxygen atoms in total. The van der Waals surface area contributed by atoms with Gasteiger partial charge in [0.25, 0.3) is 0 Å². The number of hydrogen-bond donors (Lipinski definition) is 5. The van der Waals surface area contributed by atoms with Gasteiger partial charge in [-0.3, -0.25) is 24.4 Å². The number of carbonyl (C=O) groups is 5. The molecule has 44 heavy (non-hydrogen) atoms. The first-order valence-corrected chi connectivity index (χ1v) is 14.5. The standard InChI is InChI=1S/C32H43N3O9/c1-22(36)18-26(19-24-8-11-27(37)12-9-24)32(41)34-28(20-23-6-4-3-5-7-23)29(38)21-25(10-13-30(39)35-42)31(40)33-14-15-44-17-16-43-2/h3-9,11-12,25-26,28,37,42H,10,13-21H2,1-2H3,(H,33,40)(H,34,41)(H,35,39)/t25?,26-,28-/m0/s1. The highest BCUT2D eigenvalue weighted by Crippen LogP contribution is 2.19. The molecule has 3 amide bonds.